The lowest BCUT2D eigenvalue weighted by Gasteiger charge is -2.04. The molecule has 3 aromatic rings. The number of ether oxygens (including phenoxy) is 1. The summed E-state index contributed by atoms with van der Waals surface area (Å²) in [5.41, 5.74) is 0.390. The van der Waals surface area contributed by atoms with Gasteiger partial charge in [0.05, 0.1) is 11.1 Å². The number of thiophene rings is 1. The second-order valence-electron chi connectivity index (χ2n) is 4.23. The van der Waals surface area contributed by atoms with Crippen molar-refractivity contribution in [2.24, 2.45) is 0 Å². The summed E-state index contributed by atoms with van der Waals surface area (Å²) < 4.78 is 18.6. The third-order valence-corrected chi connectivity index (χ3v) is 3.67. The first-order valence-corrected chi connectivity index (χ1v) is 6.90. The highest BCUT2D eigenvalue weighted by molar-refractivity contribution is 7.17. The number of carbonyl (C=O) groups excluding carboxylic acids is 1. The van der Waals surface area contributed by atoms with E-state index in [1.54, 1.807) is 11.4 Å². The zero-order valence-electron chi connectivity index (χ0n) is 10.6. The summed E-state index contributed by atoms with van der Waals surface area (Å²) >= 11 is 1.29. The van der Waals surface area contributed by atoms with E-state index >= 15 is 0 Å². The molecule has 7 heteroatoms. The van der Waals surface area contributed by atoms with E-state index in [1.807, 2.05) is 0 Å². The van der Waals surface area contributed by atoms with Crippen LogP contribution in [-0.4, -0.2) is 15.9 Å². The molecule has 2 heterocycles. The average Bonchev–Trinajstić information content (AvgIpc) is 2.93. The number of hydrogen-bond donors (Lipinski definition) is 1. The number of nitrogens with one attached hydrogen (secondary N) is 1. The first kappa shape index (κ1) is 13.4. The molecule has 0 atom stereocenters. The van der Waals surface area contributed by atoms with Crippen LogP contribution < -0.4 is 5.56 Å². The van der Waals surface area contributed by atoms with Gasteiger partial charge >= 0.3 is 5.97 Å². The highest BCUT2D eigenvalue weighted by Gasteiger charge is 2.10. The molecule has 0 aliphatic rings. The Morgan fingerprint density at radius 1 is 1.38 bits per heavy atom. The Bertz CT molecular complexity index is 872. The van der Waals surface area contributed by atoms with Gasteiger partial charge in [-0.25, -0.2) is 14.2 Å². The van der Waals surface area contributed by atoms with E-state index in [0.29, 0.717) is 10.2 Å². The minimum Gasteiger partial charge on any atom is -0.454 e. The topological polar surface area (TPSA) is 72.0 Å². The molecule has 1 N–H and O–H groups in total. The molecule has 2 aromatic heterocycles. The third kappa shape index (κ3) is 2.82. The van der Waals surface area contributed by atoms with Crippen molar-refractivity contribution in [2.75, 3.05) is 0 Å². The predicted octanol–water partition coefficient (Wildman–Crippen LogP) is 2.48. The number of H-pyrrole nitrogens is 1. The Morgan fingerprint density at radius 3 is 3.05 bits per heavy atom. The Labute approximate surface area is 122 Å². The number of halogens is 1. The van der Waals surface area contributed by atoms with Crippen molar-refractivity contribution in [3.63, 3.8) is 0 Å². The van der Waals surface area contributed by atoms with Crippen LogP contribution in [0, 0.1) is 5.82 Å². The van der Waals surface area contributed by atoms with Crippen LogP contribution in [0.25, 0.3) is 10.2 Å². The Balaban J connectivity index is 1.77. The molecule has 1 aromatic carbocycles. The van der Waals surface area contributed by atoms with Gasteiger partial charge in [0.15, 0.2) is 0 Å². The van der Waals surface area contributed by atoms with Crippen LogP contribution in [0.15, 0.2) is 40.5 Å². The maximum absolute atomic E-state index is 13.0. The summed E-state index contributed by atoms with van der Waals surface area (Å²) in [6.07, 6.45) is 0. The molecule has 0 amide bonds. The summed E-state index contributed by atoms with van der Waals surface area (Å²) in [6, 6.07) is 6.90. The van der Waals surface area contributed by atoms with Gasteiger partial charge in [0, 0.05) is 0 Å². The van der Waals surface area contributed by atoms with E-state index in [9.17, 15) is 14.0 Å². The summed E-state index contributed by atoms with van der Waals surface area (Å²) in [5, 5.41) is 1.76. The summed E-state index contributed by atoms with van der Waals surface area (Å²) in [5.74, 6) is -0.950. The molecule has 0 spiro atoms. The van der Waals surface area contributed by atoms with E-state index in [4.69, 9.17) is 4.74 Å². The number of fused-ring (bicyclic) bond motifs is 1. The zero-order chi connectivity index (χ0) is 14.8. The molecule has 0 saturated carbocycles. The maximum atomic E-state index is 13.0. The normalized spacial score (nSPS) is 10.7. The number of esters is 1. The fourth-order valence-electron chi connectivity index (χ4n) is 1.82. The molecule has 106 valence electrons. The molecular formula is C14H9FN2O3S. The standard InChI is InChI=1S/C14H9FN2O3S/c15-9-3-1-2-8(6-9)14(19)20-7-11-16-10-4-5-21-12(10)13(18)17-11/h1-6H,7H2,(H,16,17,18). The van der Waals surface area contributed by atoms with E-state index in [1.165, 1.54) is 29.5 Å². The van der Waals surface area contributed by atoms with Crippen LogP contribution in [0.1, 0.15) is 16.2 Å². The van der Waals surface area contributed by atoms with Crippen LogP contribution in [0.5, 0.6) is 0 Å². The smallest absolute Gasteiger partial charge is 0.338 e. The van der Waals surface area contributed by atoms with Gasteiger partial charge in [-0.15, -0.1) is 11.3 Å². The Morgan fingerprint density at radius 2 is 2.24 bits per heavy atom. The monoisotopic (exact) mass is 304 g/mol. The molecule has 0 aliphatic heterocycles. The van der Waals surface area contributed by atoms with Gasteiger partial charge in [-0.05, 0) is 29.6 Å². The van der Waals surface area contributed by atoms with E-state index in [0.717, 1.165) is 6.07 Å². The SMILES string of the molecule is O=C(OCc1nc2ccsc2c(=O)[nH]1)c1cccc(F)c1. The Hall–Kier alpha value is -2.54. The van der Waals surface area contributed by atoms with E-state index in [-0.39, 0.29) is 23.6 Å². The molecule has 3 rings (SSSR count). The molecule has 0 bridgehead atoms. The summed E-state index contributed by atoms with van der Waals surface area (Å²) in [7, 11) is 0. The lowest BCUT2D eigenvalue weighted by Crippen LogP contribution is -2.13. The number of carbonyl (C=O) groups is 1. The van der Waals surface area contributed by atoms with Gasteiger partial charge < -0.3 is 9.72 Å². The van der Waals surface area contributed by atoms with Crippen LogP contribution in [0.4, 0.5) is 4.39 Å². The molecule has 0 aliphatic carbocycles. The van der Waals surface area contributed by atoms with Crippen molar-refractivity contribution < 1.29 is 13.9 Å². The van der Waals surface area contributed by atoms with Gasteiger partial charge in [0.2, 0.25) is 0 Å². The second kappa shape index (κ2) is 5.45. The van der Waals surface area contributed by atoms with E-state index in [2.05, 4.69) is 9.97 Å². The van der Waals surface area contributed by atoms with Gasteiger partial charge in [-0.3, -0.25) is 4.79 Å². The van der Waals surface area contributed by atoms with Crippen molar-refractivity contribution >= 4 is 27.5 Å². The van der Waals surface area contributed by atoms with Gasteiger partial charge in [-0.2, -0.15) is 0 Å². The predicted molar refractivity (Wildman–Crippen MR) is 75.8 cm³/mol. The zero-order valence-corrected chi connectivity index (χ0v) is 11.4. The first-order valence-electron chi connectivity index (χ1n) is 6.02. The quantitative estimate of drug-likeness (QED) is 0.755. The molecule has 0 radical (unpaired) electrons. The van der Waals surface area contributed by atoms with Crippen molar-refractivity contribution in [1.82, 2.24) is 9.97 Å². The maximum Gasteiger partial charge on any atom is 0.338 e. The minimum atomic E-state index is -0.678. The van der Waals surface area contributed by atoms with Crippen molar-refractivity contribution in [1.29, 1.82) is 0 Å². The van der Waals surface area contributed by atoms with Crippen molar-refractivity contribution in [2.45, 2.75) is 6.61 Å². The number of hydrogen-bond acceptors (Lipinski definition) is 5. The van der Waals surface area contributed by atoms with Crippen LogP contribution in [0.2, 0.25) is 0 Å². The molecule has 0 fully saturated rings. The number of benzene rings is 1. The number of rotatable bonds is 3. The Kier molecular flexibility index (Phi) is 3.49. The summed E-state index contributed by atoms with van der Waals surface area (Å²) in [6.45, 7) is -0.184. The highest BCUT2D eigenvalue weighted by Crippen LogP contribution is 2.14. The molecular weight excluding hydrogens is 295 g/mol. The van der Waals surface area contributed by atoms with E-state index < -0.39 is 11.8 Å². The van der Waals surface area contributed by atoms with Crippen molar-refractivity contribution in [3.8, 4) is 0 Å². The van der Waals surface area contributed by atoms with Gasteiger partial charge in [-0.1, -0.05) is 6.07 Å². The first-order chi connectivity index (χ1) is 10.1. The van der Waals surface area contributed by atoms with Gasteiger partial charge in [0.1, 0.15) is 22.9 Å². The van der Waals surface area contributed by atoms with Crippen LogP contribution in [0.3, 0.4) is 0 Å². The average molecular weight is 304 g/mol. The second-order valence-corrected chi connectivity index (χ2v) is 5.15. The van der Waals surface area contributed by atoms with Gasteiger partial charge in [0.25, 0.3) is 5.56 Å². The largest absolute Gasteiger partial charge is 0.454 e. The van der Waals surface area contributed by atoms with Crippen LogP contribution >= 0.6 is 11.3 Å². The third-order valence-electron chi connectivity index (χ3n) is 2.76. The minimum absolute atomic E-state index is 0.106. The van der Waals surface area contributed by atoms with Crippen LogP contribution in [-0.2, 0) is 11.3 Å². The van der Waals surface area contributed by atoms with Crippen molar-refractivity contribution in [3.05, 3.63) is 63.3 Å². The fourth-order valence-corrected chi connectivity index (χ4v) is 2.55. The number of nitrogens with zero attached hydrogens (tertiary/aromatic N) is 1. The highest BCUT2D eigenvalue weighted by atomic mass is 32.1. The molecule has 21 heavy (non-hydrogen) atoms. The summed E-state index contributed by atoms with van der Waals surface area (Å²) in [4.78, 5) is 30.2. The lowest BCUT2D eigenvalue weighted by atomic mass is 10.2. The lowest BCUT2D eigenvalue weighted by molar-refractivity contribution is 0.0462. The number of aromatic amines is 1. The fraction of sp³-hybridized carbons (Fsp3) is 0.0714. The molecule has 0 unspecified atom stereocenters. The molecule has 0 saturated heterocycles. The molecule has 5 nitrogen and oxygen atoms in total. The number of aromatic nitrogens is 2.